The fraction of sp³-hybridized carbons (Fsp3) is 0.176. The molecule has 0 spiro atoms. The van der Waals surface area contributed by atoms with Crippen LogP contribution in [0.25, 0.3) is 10.2 Å². The van der Waals surface area contributed by atoms with Gasteiger partial charge in [0.05, 0.1) is 27.5 Å². The molecule has 26 heavy (non-hydrogen) atoms. The third kappa shape index (κ3) is 4.50. The molecule has 0 aliphatic carbocycles. The quantitative estimate of drug-likeness (QED) is 0.367. The molecular weight excluding hydrogens is 374 g/mol. The van der Waals surface area contributed by atoms with Gasteiger partial charge in [-0.15, -0.1) is 11.3 Å². The van der Waals surface area contributed by atoms with Crippen molar-refractivity contribution in [2.24, 2.45) is 0 Å². The van der Waals surface area contributed by atoms with Gasteiger partial charge in [0.1, 0.15) is 5.75 Å². The molecule has 0 fully saturated rings. The summed E-state index contributed by atoms with van der Waals surface area (Å²) in [7, 11) is 0. The molecule has 1 amide bonds. The maximum absolute atomic E-state index is 12.1. The highest BCUT2D eigenvalue weighted by Crippen LogP contribution is 2.32. The van der Waals surface area contributed by atoms with Crippen molar-refractivity contribution in [1.29, 1.82) is 0 Å². The molecule has 0 unspecified atom stereocenters. The van der Waals surface area contributed by atoms with Gasteiger partial charge in [0.2, 0.25) is 5.91 Å². The molecule has 134 valence electrons. The lowest BCUT2D eigenvalue weighted by molar-refractivity contribution is -0.384. The van der Waals surface area contributed by atoms with Gasteiger partial charge in [-0.05, 0) is 37.3 Å². The van der Waals surface area contributed by atoms with E-state index in [1.165, 1.54) is 47.4 Å². The van der Waals surface area contributed by atoms with Crippen molar-refractivity contribution >= 4 is 50.6 Å². The summed E-state index contributed by atoms with van der Waals surface area (Å²) in [5, 5.41) is 13.3. The molecule has 0 saturated carbocycles. The first kappa shape index (κ1) is 18.2. The second-order valence-corrected chi connectivity index (χ2v) is 7.44. The minimum absolute atomic E-state index is 0.0155. The van der Waals surface area contributed by atoms with Crippen LogP contribution >= 0.6 is 23.1 Å². The second kappa shape index (κ2) is 8.15. The van der Waals surface area contributed by atoms with Gasteiger partial charge in [-0.2, -0.15) is 0 Å². The van der Waals surface area contributed by atoms with Gasteiger partial charge in [0.15, 0.2) is 4.34 Å². The van der Waals surface area contributed by atoms with Crippen LogP contribution in [-0.2, 0) is 4.79 Å². The summed E-state index contributed by atoms with van der Waals surface area (Å²) < 4.78 is 7.28. The van der Waals surface area contributed by atoms with E-state index in [0.29, 0.717) is 12.3 Å². The Morgan fingerprint density at radius 2 is 2.08 bits per heavy atom. The summed E-state index contributed by atoms with van der Waals surface area (Å²) in [6.07, 6.45) is 0. The smallest absolute Gasteiger partial charge is 0.269 e. The van der Waals surface area contributed by atoms with Crippen LogP contribution in [-0.4, -0.2) is 28.2 Å². The van der Waals surface area contributed by atoms with Gasteiger partial charge in [-0.3, -0.25) is 14.9 Å². The number of aromatic nitrogens is 1. The monoisotopic (exact) mass is 389 g/mol. The average molecular weight is 389 g/mol. The number of benzene rings is 2. The molecule has 0 saturated heterocycles. The van der Waals surface area contributed by atoms with Crippen molar-refractivity contribution in [2.75, 3.05) is 17.7 Å². The fourth-order valence-corrected chi connectivity index (χ4v) is 4.09. The van der Waals surface area contributed by atoms with E-state index in [0.717, 1.165) is 20.3 Å². The number of nitro benzene ring substituents is 1. The standard InChI is InChI=1S/C17H15N3O4S2/c1-2-24-13-7-8-14-15(9-13)26-17(19-14)25-10-16(21)18-11-3-5-12(6-4-11)20(22)23/h3-9H,2,10H2,1H3,(H,18,21). The first-order chi connectivity index (χ1) is 12.5. The van der Waals surface area contributed by atoms with Crippen molar-refractivity contribution in [3.05, 3.63) is 52.6 Å². The lowest BCUT2D eigenvalue weighted by Crippen LogP contribution is -2.13. The van der Waals surface area contributed by atoms with E-state index in [-0.39, 0.29) is 17.3 Å². The number of rotatable bonds is 7. The number of non-ortho nitro benzene ring substituents is 1. The highest BCUT2D eigenvalue weighted by atomic mass is 32.2. The minimum Gasteiger partial charge on any atom is -0.494 e. The predicted octanol–water partition coefficient (Wildman–Crippen LogP) is 4.33. The normalized spacial score (nSPS) is 10.7. The number of anilines is 1. The number of amides is 1. The largest absolute Gasteiger partial charge is 0.494 e. The second-order valence-electron chi connectivity index (χ2n) is 5.18. The molecule has 0 bridgehead atoms. The molecule has 9 heteroatoms. The third-order valence-electron chi connectivity index (χ3n) is 3.34. The maximum Gasteiger partial charge on any atom is 0.269 e. The van der Waals surface area contributed by atoms with Gasteiger partial charge in [-0.1, -0.05) is 11.8 Å². The first-order valence-electron chi connectivity index (χ1n) is 7.75. The third-order valence-corrected chi connectivity index (χ3v) is 5.50. The molecule has 0 aliphatic rings. The Hall–Kier alpha value is -2.65. The predicted molar refractivity (Wildman–Crippen MR) is 103 cm³/mol. The number of fused-ring (bicyclic) bond motifs is 1. The van der Waals surface area contributed by atoms with Gasteiger partial charge >= 0.3 is 0 Å². The Balaban J connectivity index is 1.58. The number of ether oxygens (including phenoxy) is 1. The van der Waals surface area contributed by atoms with Crippen LogP contribution in [0.1, 0.15) is 6.92 Å². The average Bonchev–Trinajstić information content (AvgIpc) is 3.03. The Bertz CT molecular complexity index is 941. The zero-order chi connectivity index (χ0) is 18.5. The van der Waals surface area contributed by atoms with E-state index in [1.807, 2.05) is 25.1 Å². The zero-order valence-corrected chi connectivity index (χ0v) is 15.4. The zero-order valence-electron chi connectivity index (χ0n) is 13.8. The van der Waals surface area contributed by atoms with Crippen LogP contribution in [0.3, 0.4) is 0 Å². The van der Waals surface area contributed by atoms with Crippen LogP contribution in [0.5, 0.6) is 5.75 Å². The first-order valence-corrected chi connectivity index (χ1v) is 9.56. The van der Waals surface area contributed by atoms with Crippen LogP contribution in [0.15, 0.2) is 46.8 Å². The molecule has 1 N–H and O–H groups in total. The molecule has 2 aromatic carbocycles. The minimum atomic E-state index is -0.481. The van der Waals surface area contributed by atoms with Crippen molar-refractivity contribution in [3.63, 3.8) is 0 Å². The Morgan fingerprint density at radius 1 is 1.31 bits per heavy atom. The number of hydrogen-bond donors (Lipinski definition) is 1. The number of nitro groups is 1. The molecule has 0 radical (unpaired) electrons. The Morgan fingerprint density at radius 3 is 2.77 bits per heavy atom. The highest BCUT2D eigenvalue weighted by Gasteiger charge is 2.10. The van der Waals surface area contributed by atoms with Crippen molar-refractivity contribution in [2.45, 2.75) is 11.3 Å². The molecule has 0 atom stereocenters. The summed E-state index contributed by atoms with van der Waals surface area (Å²) in [5.41, 5.74) is 1.38. The van der Waals surface area contributed by atoms with E-state index in [1.54, 1.807) is 0 Å². The molecule has 3 rings (SSSR count). The van der Waals surface area contributed by atoms with Gasteiger partial charge in [0.25, 0.3) is 5.69 Å². The summed E-state index contributed by atoms with van der Waals surface area (Å²) in [4.78, 5) is 26.7. The molecule has 1 heterocycles. The number of thioether (sulfide) groups is 1. The lowest BCUT2D eigenvalue weighted by Gasteiger charge is -2.03. The van der Waals surface area contributed by atoms with Crippen LogP contribution < -0.4 is 10.1 Å². The topological polar surface area (TPSA) is 94.4 Å². The molecule has 3 aromatic rings. The number of thiazole rings is 1. The van der Waals surface area contributed by atoms with Crippen LogP contribution in [0.2, 0.25) is 0 Å². The number of hydrogen-bond acceptors (Lipinski definition) is 7. The summed E-state index contributed by atoms with van der Waals surface area (Å²) in [6.45, 7) is 2.54. The summed E-state index contributed by atoms with van der Waals surface area (Å²) >= 11 is 2.85. The number of carbonyl (C=O) groups excluding carboxylic acids is 1. The Labute approximate surface area is 157 Å². The molecule has 0 aliphatic heterocycles. The highest BCUT2D eigenvalue weighted by molar-refractivity contribution is 8.01. The summed E-state index contributed by atoms with van der Waals surface area (Å²) in [5.74, 6) is 0.809. The van der Waals surface area contributed by atoms with E-state index >= 15 is 0 Å². The van der Waals surface area contributed by atoms with E-state index in [2.05, 4.69) is 10.3 Å². The van der Waals surface area contributed by atoms with Crippen molar-refractivity contribution in [1.82, 2.24) is 4.98 Å². The molecule has 7 nitrogen and oxygen atoms in total. The molecule has 1 aromatic heterocycles. The van der Waals surface area contributed by atoms with E-state index in [9.17, 15) is 14.9 Å². The van der Waals surface area contributed by atoms with Gasteiger partial charge < -0.3 is 10.1 Å². The van der Waals surface area contributed by atoms with Crippen molar-refractivity contribution < 1.29 is 14.5 Å². The molecular formula is C17H15N3O4S2. The van der Waals surface area contributed by atoms with Crippen LogP contribution in [0.4, 0.5) is 11.4 Å². The van der Waals surface area contributed by atoms with Crippen molar-refractivity contribution in [3.8, 4) is 5.75 Å². The van der Waals surface area contributed by atoms with Crippen LogP contribution in [0, 0.1) is 10.1 Å². The van der Waals surface area contributed by atoms with E-state index in [4.69, 9.17) is 4.74 Å². The number of carbonyl (C=O) groups is 1. The Kier molecular flexibility index (Phi) is 5.69. The number of nitrogens with zero attached hydrogens (tertiary/aromatic N) is 2. The fourth-order valence-electron chi connectivity index (χ4n) is 2.19. The maximum atomic E-state index is 12.1. The van der Waals surface area contributed by atoms with E-state index < -0.39 is 4.92 Å². The van der Waals surface area contributed by atoms with Gasteiger partial charge in [0, 0.05) is 17.8 Å². The lowest BCUT2D eigenvalue weighted by atomic mass is 10.3. The van der Waals surface area contributed by atoms with Gasteiger partial charge in [-0.25, -0.2) is 4.98 Å². The number of nitrogens with one attached hydrogen (secondary N) is 1. The SMILES string of the molecule is CCOc1ccc2nc(SCC(=O)Nc3ccc([N+](=O)[O-])cc3)sc2c1. The summed E-state index contributed by atoms with van der Waals surface area (Å²) in [6, 6.07) is 11.4.